The predicted octanol–water partition coefficient (Wildman–Crippen LogP) is 3.31. The highest BCUT2D eigenvalue weighted by molar-refractivity contribution is 9.10. The molecule has 0 unspecified atom stereocenters. The molecule has 0 aromatic heterocycles. The molecule has 2 aromatic rings. The van der Waals surface area contributed by atoms with Gasteiger partial charge in [0, 0.05) is 10.5 Å². The van der Waals surface area contributed by atoms with Crippen molar-refractivity contribution in [2.75, 3.05) is 6.61 Å². The maximum atomic E-state index is 11.8. The number of hydrogen-bond acceptors (Lipinski definition) is 3. The SMILES string of the molecule is Cc1ccc(/C=C/C(=O)NNC(=O)COc2ccccc2C)c(Br)c1. The highest BCUT2D eigenvalue weighted by atomic mass is 79.9. The summed E-state index contributed by atoms with van der Waals surface area (Å²) in [7, 11) is 0. The van der Waals surface area contributed by atoms with Crippen LogP contribution in [0.15, 0.2) is 53.0 Å². The quantitative estimate of drug-likeness (QED) is 0.595. The van der Waals surface area contributed by atoms with E-state index in [9.17, 15) is 9.59 Å². The number of ether oxygens (including phenoxy) is 1. The zero-order chi connectivity index (χ0) is 18.2. The van der Waals surface area contributed by atoms with Gasteiger partial charge in [-0.15, -0.1) is 0 Å². The largest absolute Gasteiger partial charge is 0.483 e. The number of rotatable bonds is 5. The van der Waals surface area contributed by atoms with Crippen LogP contribution in [0.4, 0.5) is 0 Å². The molecule has 0 heterocycles. The van der Waals surface area contributed by atoms with Gasteiger partial charge >= 0.3 is 0 Å². The summed E-state index contributed by atoms with van der Waals surface area (Å²) in [6.45, 7) is 3.70. The van der Waals surface area contributed by atoms with Gasteiger partial charge in [0.05, 0.1) is 0 Å². The van der Waals surface area contributed by atoms with E-state index in [0.717, 1.165) is 21.2 Å². The van der Waals surface area contributed by atoms with E-state index in [1.54, 1.807) is 12.1 Å². The minimum absolute atomic E-state index is 0.182. The zero-order valence-corrected chi connectivity index (χ0v) is 15.6. The lowest BCUT2D eigenvalue weighted by Crippen LogP contribution is -2.43. The highest BCUT2D eigenvalue weighted by Crippen LogP contribution is 2.19. The van der Waals surface area contributed by atoms with E-state index in [-0.39, 0.29) is 6.61 Å². The lowest BCUT2D eigenvalue weighted by atomic mass is 10.1. The fraction of sp³-hybridized carbons (Fsp3) is 0.158. The molecular formula is C19H19BrN2O3. The number of hydrogen-bond donors (Lipinski definition) is 2. The topological polar surface area (TPSA) is 67.4 Å². The molecule has 0 spiro atoms. The minimum Gasteiger partial charge on any atom is -0.483 e. The van der Waals surface area contributed by atoms with Crippen molar-refractivity contribution in [1.29, 1.82) is 0 Å². The van der Waals surface area contributed by atoms with Crippen molar-refractivity contribution in [3.63, 3.8) is 0 Å². The first-order valence-electron chi connectivity index (χ1n) is 7.67. The first kappa shape index (κ1) is 18.7. The van der Waals surface area contributed by atoms with Crippen LogP contribution in [0.2, 0.25) is 0 Å². The van der Waals surface area contributed by atoms with Crippen LogP contribution in [-0.4, -0.2) is 18.4 Å². The van der Waals surface area contributed by atoms with Crippen molar-refractivity contribution >= 4 is 33.8 Å². The van der Waals surface area contributed by atoms with Crippen LogP contribution < -0.4 is 15.6 Å². The van der Waals surface area contributed by atoms with E-state index < -0.39 is 11.8 Å². The Morgan fingerprint density at radius 2 is 1.88 bits per heavy atom. The van der Waals surface area contributed by atoms with Crippen LogP contribution in [0.1, 0.15) is 16.7 Å². The molecule has 0 saturated carbocycles. The Morgan fingerprint density at radius 3 is 2.60 bits per heavy atom. The van der Waals surface area contributed by atoms with E-state index >= 15 is 0 Å². The van der Waals surface area contributed by atoms with Crippen molar-refractivity contribution in [3.05, 3.63) is 69.7 Å². The molecule has 2 aromatic carbocycles. The standard InChI is InChI=1S/C19H19BrN2O3/c1-13-7-8-15(16(20)11-13)9-10-18(23)21-22-19(24)12-25-17-6-4-3-5-14(17)2/h3-11H,12H2,1-2H3,(H,21,23)(H,22,24)/b10-9+. The molecule has 0 aliphatic carbocycles. The number of nitrogens with one attached hydrogen (secondary N) is 2. The van der Waals surface area contributed by atoms with Gasteiger partial charge in [-0.1, -0.05) is 46.3 Å². The molecule has 0 radical (unpaired) electrons. The second-order valence-corrected chi connectivity index (χ2v) is 6.30. The number of halogens is 1. The van der Waals surface area contributed by atoms with Crippen molar-refractivity contribution < 1.29 is 14.3 Å². The van der Waals surface area contributed by atoms with Crippen LogP contribution in [0.25, 0.3) is 6.08 Å². The van der Waals surface area contributed by atoms with Gasteiger partial charge < -0.3 is 4.74 Å². The average Bonchev–Trinajstić information content (AvgIpc) is 2.58. The number of carbonyl (C=O) groups excluding carboxylic acids is 2. The first-order valence-corrected chi connectivity index (χ1v) is 8.46. The second kappa shape index (κ2) is 9.03. The Morgan fingerprint density at radius 1 is 1.12 bits per heavy atom. The maximum Gasteiger partial charge on any atom is 0.276 e. The lowest BCUT2D eigenvalue weighted by Gasteiger charge is -2.09. The van der Waals surface area contributed by atoms with E-state index in [0.29, 0.717) is 5.75 Å². The molecule has 0 aliphatic rings. The van der Waals surface area contributed by atoms with Crippen LogP contribution in [0.3, 0.4) is 0 Å². The molecular weight excluding hydrogens is 384 g/mol. The van der Waals surface area contributed by atoms with Crippen molar-refractivity contribution in [3.8, 4) is 5.75 Å². The Labute approximate surface area is 155 Å². The molecule has 6 heteroatoms. The number of carbonyl (C=O) groups is 2. The number of aryl methyl sites for hydroxylation is 2. The van der Waals surface area contributed by atoms with Gasteiger partial charge in [0.25, 0.3) is 11.8 Å². The molecule has 25 heavy (non-hydrogen) atoms. The summed E-state index contributed by atoms with van der Waals surface area (Å²) >= 11 is 3.44. The summed E-state index contributed by atoms with van der Waals surface area (Å²) in [5, 5.41) is 0. The van der Waals surface area contributed by atoms with Crippen LogP contribution in [0.5, 0.6) is 5.75 Å². The molecule has 130 valence electrons. The summed E-state index contributed by atoms with van der Waals surface area (Å²) in [5.41, 5.74) is 7.55. The molecule has 5 nitrogen and oxygen atoms in total. The van der Waals surface area contributed by atoms with E-state index in [2.05, 4.69) is 26.8 Å². The number of amides is 2. The highest BCUT2D eigenvalue weighted by Gasteiger charge is 2.05. The maximum absolute atomic E-state index is 11.8. The van der Waals surface area contributed by atoms with Gasteiger partial charge in [-0.2, -0.15) is 0 Å². The van der Waals surface area contributed by atoms with Crippen molar-refractivity contribution in [1.82, 2.24) is 10.9 Å². The molecule has 2 N–H and O–H groups in total. The van der Waals surface area contributed by atoms with Gasteiger partial charge in [-0.3, -0.25) is 20.4 Å². The Bertz CT molecular complexity index is 803. The fourth-order valence-corrected chi connectivity index (χ4v) is 2.63. The summed E-state index contributed by atoms with van der Waals surface area (Å²) in [5.74, 6) is -0.244. The zero-order valence-electron chi connectivity index (χ0n) is 14.0. The predicted molar refractivity (Wildman–Crippen MR) is 101 cm³/mol. The Hall–Kier alpha value is -2.60. The lowest BCUT2D eigenvalue weighted by molar-refractivity contribution is -0.128. The summed E-state index contributed by atoms with van der Waals surface area (Å²) in [4.78, 5) is 23.5. The van der Waals surface area contributed by atoms with Gasteiger partial charge in [0.2, 0.25) is 0 Å². The minimum atomic E-state index is -0.443. The van der Waals surface area contributed by atoms with Gasteiger partial charge in [-0.25, -0.2) is 0 Å². The van der Waals surface area contributed by atoms with E-state index in [4.69, 9.17) is 4.74 Å². The van der Waals surface area contributed by atoms with Crippen molar-refractivity contribution in [2.45, 2.75) is 13.8 Å². The number of benzene rings is 2. The fourth-order valence-electron chi connectivity index (χ4n) is 2.00. The van der Waals surface area contributed by atoms with Crippen molar-refractivity contribution in [2.24, 2.45) is 0 Å². The number of para-hydroxylation sites is 1. The van der Waals surface area contributed by atoms with E-state index in [1.165, 1.54) is 6.08 Å². The summed E-state index contributed by atoms with van der Waals surface area (Å²) in [6, 6.07) is 13.2. The van der Waals surface area contributed by atoms with Crippen LogP contribution >= 0.6 is 15.9 Å². The monoisotopic (exact) mass is 402 g/mol. The molecule has 2 rings (SSSR count). The van der Waals surface area contributed by atoms with Gasteiger partial charge in [0.15, 0.2) is 6.61 Å². The third-order valence-electron chi connectivity index (χ3n) is 3.35. The van der Waals surface area contributed by atoms with Gasteiger partial charge in [-0.05, 0) is 48.7 Å². The molecule has 0 atom stereocenters. The second-order valence-electron chi connectivity index (χ2n) is 5.45. The molecule has 0 fully saturated rings. The first-order chi connectivity index (χ1) is 12.0. The Balaban J connectivity index is 1.78. The third kappa shape index (κ3) is 6.08. The average molecular weight is 403 g/mol. The molecule has 0 saturated heterocycles. The normalized spacial score (nSPS) is 10.5. The Kier molecular flexibility index (Phi) is 6.77. The van der Waals surface area contributed by atoms with Crippen LogP contribution in [0, 0.1) is 13.8 Å². The van der Waals surface area contributed by atoms with Crippen LogP contribution in [-0.2, 0) is 9.59 Å². The van der Waals surface area contributed by atoms with Gasteiger partial charge in [0.1, 0.15) is 5.75 Å². The summed E-state index contributed by atoms with van der Waals surface area (Å²) < 4.78 is 6.30. The molecule has 0 bridgehead atoms. The molecule has 2 amide bonds. The summed E-state index contributed by atoms with van der Waals surface area (Å²) in [6.07, 6.45) is 3.01. The number of hydrazine groups is 1. The third-order valence-corrected chi connectivity index (χ3v) is 4.03. The van der Waals surface area contributed by atoms with E-state index in [1.807, 2.05) is 50.2 Å². The molecule has 0 aliphatic heterocycles. The smallest absolute Gasteiger partial charge is 0.276 e.